The van der Waals surface area contributed by atoms with E-state index in [0.29, 0.717) is 18.2 Å². The maximum absolute atomic E-state index is 12.7. The SMILES string of the molecule is Cn1c(-n2ncc(NCCN3CCOCC3)c(Cl)c2=O)nc2ccccc21. The molecule has 1 fully saturated rings. The number of hydrogen-bond acceptors (Lipinski definition) is 6. The summed E-state index contributed by atoms with van der Waals surface area (Å²) in [6.07, 6.45) is 1.57. The van der Waals surface area contributed by atoms with E-state index in [9.17, 15) is 4.79 Å². The van der Waals surface area contributed by atoms with Crippen LogP contribution in [0.3, 0.4) is 0 Å². The monoisotopic (exact) mass is 388 g/mol. The molecule has 0 amide bonds. The van der Waals surface area contributed by atoms with Crippen molar-refractivity contribution < 1.29 is 4.74 Å². The number of imidazole rings is 1. The lowest BCUT2D eigenvalue weighted by atomic mass is 10.3. The van der Waals surface area contributed by atoms with Crippen molar-refractivity contribution in [3.63, 3.8) is 0 Å². The van der Waals surface area contributed by atoms with Crippen molar-refractivity contribution in [3.05, 3.63) is 45.8 Å². The Labute approximate surface area is 161 Å². The average Bonchev–Trinajstić information content (AvgIpc) is 3.03. The van der Waals surface area contributed by atoms with Crippen LogP contribution in [-0.4, -0.2) is 63.6 Å². The second-order valence-electron chi connectivity index (χ2n) is 6.43. The summed E-state index contributed by atoms with van der Waals surface area (Å²) in [5.74, 6) is 0.433. The summed E-state index contributed by atoms with van der Waals surface area (Å²) in [5.41, 5.74) is 1.86. The summed E-state index contributed by atoms with van der Waals surface area (Å²) >= 11 is 6.31. The molecule has 1 N–H and O–H groups in total. The molecule has 4 rings (SSSR count). The fraction of sp³-hybridized carbons (Fsp3) is 0.389. The van der Waals surface area contributed by atoms with Gasteiger partial charge in [-0.1, -0.05) is 23.7 Å². The quantitative estimate of drug-likeness (QED) is 0.714. The number of nitrogens with one attached hydrogen (secondary N) is 1. The summed E-state index contributed by atoms with van der Waals surface area (Å²) in [7, 11) is 1.85. The van der Waals surface area contributed by atoms with Crippen LogP contribution in [0.1, 0.15) is 0 Å². The van der Waals surface area contributed by atoms with Crippen LogP contribution in [0, 0.1) is 0 Å². The van der Waals surface area contributed by atoms with Crippen molar-refractivity contribution in [2.45, 2.75) is 0 Å². The first-order valence-electron chi connectivity index (χ1n) is 8.89. The molecule has 1 aromatic carbocycles. The van der Waals surface area contributed by atoms with Gasteiger partial charge in [-0.15, -0.1) is 0 Å². The molecule has 2 aromatic heterocycles. The van der Waals surface area contributed by atoms with Gasteiger partial charge in [0.05, 0.1) is 36.1 Å². The van der Waals surface area contributed by atoms with Crippen LogP contribution in [-0.2, 0) is 11.8 Å². The van der Waals surface area contributed by atoms with E-state index in [1.165, 1.54) is 4.68 Å². The Balaban J connectivity index is 1.54. The maximum atomic E-state index is 12.7. The molecule has 1 aliphatic heterocycles. The third-order valence-electron chi connectivity index (χ3n) is 4.72. The van der Waals surface area contributed by atoms with Gasteiger partial charge >= 0.3 is 0 Å². The minimum atomic E-state index is -0.397. The molecule has 0 aliphatic carbocycles. The number of aromatic nitrogens is 4. The number of halogens is 1. The van der Waals surface area contributed by atoms with Crippen LogP contribution in [0.5, 0.6) is 0 Å². The van der Waals surface area contributed by atoms with Crippen molar-refractivity contribution in [1.82, 2.24) is 24.2 Å². The van der Waals surface area contributed by atoms with E-state index < -0.39 is 5.56 Å². The van der Waals surface area contributed by atoms with Crippen molar-refractivity contribution in [1.29, 1.82) is 0 Å². The van der Waals surface area contributed by atoms with Crippen LogP contribution in [0.15, 0.2) is 35.3 Å². The summed E-state index contributed by atoms with van der Waals surface area (Å²) < 4.78 is 8.40. The normalized spacial score (nSPS) is 15.3. The number of aryl methyl sites for hydroxylation is 1. The smallest absolute Gasteiger partial charge is 0.295 e. The average molecular weight is 389 g/mol. The van der Waals surface area contributed by atoms with Gasteiger partial charge in [-0.2, -0.15) is 9.78 Å². The Morgan fingerprint density at radius 2 is 2.04 bits per heavy atom. The van der Waals surface area contributed by atoms with Crippen LogP contribution in [0.4, 0.5) is 5.69 Å². The largest absolute Gasteiger partial charge is 0.381 e. The Kier molecular flexibility index (Phi) is 5.11. The molecule has 0 saturated carbocycles. The van der Waals surface area contributed by atoms with Gasteiger partial charge in [0.15, 0.2) is 0 Å². The van der Waals surface area contributed by atoms with Crippen molar-refractivity contribution in [2.24, 2.45) is 7.05 Å². The number of anilines is 1. The van der Waals surface area contributed by atoms with Crippen LogP contribution < -0.4 is 10.9 Å². The Bertz CT molecular complexity index is 1010. The number of para-hydroxylation sites is 2. The van der Waals surface area contributed by atoms with Gasteiger partial charge in [-0.3, -0.25) is 9.69 Å². The molecular formula is C18H21ClN6O2. The van der Waals surface area contributed by atoms with Crippen LogP contribution in [0.25, 0.3) is 17.0 Å². The molecule has 3 aromatic rings. The van der Waals surface area contributed by atoms with Crippen molar-refractivity contribution >= 4 is 28.3 Å². The molecule has 0 bridgehead atoms. The van der Waals surface area contributed by atoms with E-state index in [-0.39, 0.29) is 5.02 Å². The topological polar surface area (TPSA) is 77.2 Å². The predicted octanol–water partition coefficient (Wildman–Crippen LogP) is 1.52. The molecule has 142 valence electrons. The Morgan fingerprint density at radius 1 is 1.26 bits per heavy atom. The molecule has 0 radical (unpaired) electrons. The van der Waals surface area contributed by atoms with Crippen LogP contribution >= 0.6 is 11.6 Å². The number of ether oxygens (including phenoxy) is 1. The highest BCUT2D eigenvalue weighted by atomic mass is 35.5. The first-order valence-corrected chi connectivity index (χ1v) is 9.26. The number of fused-ring (bicyclic) bond motifs is 1. The fourth-order valence-electron chi connectivity index (χ4n) is 3.19. The lowest BCUT2D eigenvalue weighted by Crippen LogP contribution is -2.39. The van der Waals surface area contributed by atoms with E-state index in [1.54, 1.807) is 6.20 Å². The second kappa shape index (κ2) is 7.67. The molecule has 1 saturated heterocycles. The molecule has 8 nitrogen and oxygen atoms in total. The zero-order valence-corrected chi connectivity index (χ0v) is 15.8. The minimum Gasteiger partial charge on any atom is -0.381 e. The van der Waals surface area contributed by atoms with Crippen LogP contribution in [0.2, 0.25) is 5.02 Å². The van der Waals surface area contributed by atoms with E-state index >= 15 is 0 Å². The first kappa shape index (κ1) is 18.0. The van der Waals surface area contributed by atoms with E-state index in [4.69, 9.17) is 16.3 Å². The van der Waals surface area contributed by atoms with E-state index in [1.807, 2.05) is 35.9 Å². The highest BCUT2D eigenvalue weighted by Crippen LogP contribution is 2.19. The standard InChI is InChI=1S/C18H21ClN6O2/c1-23-15-5-3-2-4-13(15)22-18(23)25-17(26)16(19)14(12-21-25)20-6-7-24-8-10-27-11-9-24/h2-5,12,20H,6-11H2,1H3. The summed E-state index contributed by atoms with van der Waals surface area (Å²) in [5, 5.41) is 7.58. The molecule has 0 unspecified atom stereocenters. The summed E-state index contributed by atoms with van der Waals surface area (Å²) in [6.45, 7) is 4.89. The number of nitrogens with zero attached hydrogens (tertiary/aromatic N) is 5. The van der Waals surface area contributed by atoms with Gasteiger partial charge in [0.1, 0.15) is 5.02 Å². The Hall–Kier alpha value is -2.42. The number of morpholine rings is 1. The van der Waals surface area contributed by atoms with Gasteiger partial charge < -0.3 is 14.6 Å². The lowest BCUT2D eigenvalue weighted by Gasteiger charge is -2.26. The second-order valence-corrected chi connectivity index (χ2v) is 6.81. The molecule has 27 heavy (non-hydrogen) atoms. The van der Waals surface area contributed by atoms with Gasteiger partial charge in [0.2, 0.25) is 5.95 Å². The molecule has 0 spiro atoms. The molecule has 0 atom stereocenters. The zero-order valence-electron chi connectivity index (χ0n) is 15.1. The summed E-state index contributed by atoms with van der Waals surface area (Å²) in [6, 6.07) is 7.68. The predicted molar refractivity (Wildman–Crippen MR) is 105 cm³/mol. The highest BCUT2D eigenvalue weighted by molar-refractivity contribution is 6.32. The molecule has 1 aliphatic rings. The molecule has 3 heterocycles. The molecule has 9 heteroatoms. The van der Waals surface area contributed by atoms with E-state index in [0.717, 1.165) is 43.9 Å². The number of rotatable bonds is 5. The summed E-state index contributed by atoms with van der Waals surface area (Å²) in [4.78, 5) is 19.5. The highest BCUT2D eigenvalue weighted by Gasteiger charge is 2.16. The lowest BCUT2D eigenvalue weighted by molar-refractivity contribution is 0.0398. The number of benzene rings is 1. The van der Waals surface area contributed by atoms with Crippen molar-refractivity contribution in [3.8, 4) is 5.95 Å². The van der Waals surface area contributed by atoms with Gasteiger partial charge in [0.25, 0.3) is 5.56 Å². The Morgan fingerprint density at radius 3 is 2.81 bits per heavy atom. The fourth-order valence-corrected chi connectivity index (χ4v) is 3.39. The van der Waals surface area contributed by atoms with E-state index in [2.05, 4.69) is 20.3 Å². The van der Waals surface area contributed by atoms with Gasteiger partial charge in [0, 0.05) is 33.2 Å². The first-order chi connectivity index (χ1) is 13.1. The minimum absolute atomic E-state index is 0.110. The van der Waals surface area contributed by atoms with Gasteiger partial charge in [-0.25, -0.2) is 4.98 Å². The van der Waals surface area contributed by atoms with Gasteiger partial charge in [-0.05, 0) is 12.1 Å². The third kappa shape index (κ3) is 3.55. The zero-order chi connectivity index (χ0) is 18.8. The third-order valence-corrected chi connectivity index (χ3v) is 5.08. The maximum Gasteiger partial charge on any atom is 0.295 e. The molecular weight excluding hydrogens is 368 g/mol. The van der Waals surface area contributed by atoms with Crippen molar-refractivity contribution in [2.75, 3.05) is 44.7 Å². The number of hydrogen-bond donors (Lipinski definition) is 1.